The minimum atomic E-state index is 0.0149. The highest BCUT2D eigenvalue weighted by atomic mass is 32.1. The molecule has 112 valence electrons. The predicted octanol–water partition coefficient (Wildman–Crippen LogP) is 4.71. The Bertz CT molecular complexity index is 759. The number of rotatable bonds is 5. The topological polar surface area (TPSA) is 29.1 Å². The van der Waals surface area contributed by atoms with E-state index in [1.807, 2.05) is 30.5 Å². The molecule has 1 N–H and O–H groups in total. The number of aryl methyl sites for hydroxylation is 1. The molecule has 3 rings (SSSR count). The number of nitrogens with one attached hydrogen (secondary N) is 1. The van der Waals surface area contributed by atoms with Crippen LogP contribution in [-0.2, 0) is 11.2 Å². The highest BCUT2D eigenvalue weighted by Crippen LogP contribution is 2.24. The van der Waals surface area contributed by atoms with Gasteiger partial charge in [0.2, 0.25) is 5.91 Å². The average Bonchev–Trinajstić information content (AvgIpc) is 3.06. The molecule has 0 bridgehead atoms. The normalized spacial score (nSPS) is 12.2. The highest BCUT2D eigenvalue weighted by molar-refractivity contribution is 7.07. The first-order valence-corrected chi connectivity index (χ1v) is 8.46. The largest absolute Gasteiger partial charge is 0.350 e. The van der Waals surface area contributed by atoms with Gasteiger partial charge in [0.15, 0.2) is 0 Å². The molecule has 1 heterocycles. The molecular formula is C19H19NOS. The van der Waals surface area contributed by atoms with Crippen molar-refractivity contribution in [1.82, 2.24) is 5.32 Å². The van der Waals surface area contributed by atoms with Gasteiger partial charge in [0, 0.05) is 6.42 Å². The minimum Gasteiger partial charge on any atom is -0.350 e. The molecule has 1 amide bonds. The zero-order valence-electron chi connectivity index (χ0n) is 12.6. The van der Waals surface area contributed by atoms with Gasteiger partial charge in [-0.1, -0.05) is 42.5 Å². The van der Waals surface area contributed by atoms with E-state index in [9.17, 15) is 4.79 Å². The Morgan fingerprint density at radius 2 is 1.95 bits per heavy atom. The Balaban J connectivity index is 1.68. The summed E-state index contributed by atoms with van der Waals surface area (Å²) in [5.74, 6) is 0.103. The fraction of sp³-hybridized carbons (Fsp3) is 0.211. The third-order valence-electron chi connectivity index (χ3n) is 3.89. The molecule has 0 unspecified atom stereocenters. The Kier molecular flexibility index (Phi) is 4.54. The molecule has 0 spiro atoms. The lowest BCUT2D eigenvalue weighted by molar-refractivity contribution is -0.121. The summed E-state index contributed by atoms with van der Waals surface area (Å²) >= 11 is 1.67. The second-order valence-corrected chi connectivity index (χ2v) is 6.27. The Labute approximate surface area is 134 Å². The molecule has 0 saturated heterocycles. The molecule has 0 aliphatic heterocycles. The number of hydrogen-bond donors (Lipinski definition) is 1. The number of carbonyl (C=O) groups is 1. The van der Waals surface area contributed by atoms with Gasteiger partial charge >= 0.3 is 0 Å². The van der Waals surface area contributed by atoms with E-state index in [0.717, 1.165) is 6.42 Å². The van der Waals surface area contributed by atoms with Crippen LogP contribution in [0.25, 0.3) is 10.8 Å². The molecule has 3 aromatic rings. The van der Waals surface area contributed by atoms with Gasteiger partial charge in [-0.25, -0.2) is 0 Å². The van der Waals surface area contributed by atoms with Crippen LogP contribution in [0.3, 0.4) is 0 Å². The molecule has 2 nitrogen and oxygen atoms in total. The van der Waals surface area contributed by atoms with Crippen molar-refractivity contribution in [3.8, 4) is 0 Å². The van der Waals surface area contributed by atoms with Crippen LogP contribution in [0.2, 0.25) is 0 Å². The number of amides is 1. The highest BCUT2D eigenvalue weighted by Gasteiger charge is 2.12. The second-order valence-electron chi connectivity index (χ2n) is 5.49. The van der Waals surface area contributed by atoms with E-state index < -0.39 is 0 Å². The van der Waals surface area contributed by atoms with Crippen molar-refractivity contribution >= 4 is 28.0 Å². The van der Waals surface area contributed by atoms with E-state index in [2.05, 4.69) is 41.0 Å². The SMILES string of the molecule is C[C@H](NC(=O)CCc1ccsc1)c1cccc2ccccc12. The van der Waals surface area contributed by atoms with Crippen molar-refractivity contribution in [1.29, 1.82) is 0 Å². The van der Waals surface area contributed by atoms with Crippen LogP contribution < -0.4 is 5.32 Å². The maximum Gasteiger partial charge on any atom is 0.220 e. The van der Waals surface area contributed by atoms with E-state index in [1.54, 1.807) is 11.3 Å². The zero-order valence-corrected chi connectivity index (χ0v) is 13.4. The van der Waals surface area contributed by atoms with Gasteiger partial charge in [-0.15, -0.1) is 0 Å². The molecule has 0 fully saturated rings. The number of benzene rings is 2. The van der Waals surface area contributed by atoms with Crippen molar-refractivity contribution in [2.24, 2.45) is 0 Å². The molecule has 3 heteroatoms. The first-order valence-electron chi connectivity index (χ1n) is 7.52. The van der Waals surface area contributed by atoms with Gasteiger partial charge in [-0.2, -0.15) is 11.3 Å². The van der Waals surface area contributed by atoms with E-state index in [1.165, 1.54) is 21.9 Å². The molecule has 0 aliphatic rings. The minimum absolute atomic E-state index is 0.0149. The molecule has 0 radical (unpaired) electrons. The van der Waals surface area contributed by atoms with Gasteiger partial charge < -0.3 is 5.32 Å². The quantitative estimate of drug-likeness (QED) is 0.726. The number of fused-ring (bicyclic) bond motifs is 1. The van der Waals surface area contributed by atoms with Crippen LogP contribution in [0, 0.1) is 0 Å². The van der Waals surface area contributed by atoms with Crippen LogP contribution in [-0.4, -0.2) is 5.91 Å². The van der Waals surface area contributed by atoms with Crippen molar-refractivity contribution in [2.45, 2.75) is 25.8 Å². The predicted molar refractivity (Wildman–Crippen MR) is 93.1 cm³/mol. The maximum absolute atomic E-state index is 12.2. The zero-order chi connectivity index (χ0) is 15.4. The van der Waals surface area contributed by atoms with E-state index in [4.69, 9.17) is 0 Å². The van der Waals surface area contributed by atoms with Gasteiger partial charge in [-0.3, -0.25) is 4.79 Å². The number of thiophene rings is 1. The first-order chi connectivity index (χ1) is 10.7. The van der Waals surface area contributed by atoms with E-state index >= 15 is 0 Å². The fourth-order valence-corrected chi connectivity index (χ4v) is 3.42. The smallest absolute Gasteiger partial charge is 0.220 e. The first kappa shape index (κ1) is 14.8. The summed E-state index contributed by atoms with van der Waals surface area (Å²) in [7, 11) is 0. The summed E-state index contributed by atoms with van der Waals surface area (Å²) < 4.78 is 0. The van der Waals surface area contributed by atoms with Crippen LogP contribution in [0.1, 0.15) is 30.5 Å². The van der Waals surface area contributed by atoms with Gasteiger partial charge in [0.1, 0.15) is 0 Å². The van der Waals surface area contributed by atoms with Crippen molar-refractivity contribution in [2.75, 3.05) is 0 Å². The van der Waals surface area contributed by atoms with Gasteiger partial charge in [0.05, 0.1) is 6.04 Å². The second kappa shape index (κ2) is 6.75. The summed E-state index contributed by atoms with van der Waals surface area (Å²) in [6.45, 7) is 2.05. The monoisotopic (exact) mass is 309 g/mol. The standard InChI is InChI=1S/C19H19NOS/c1-14(20-19(21)10-9-15-11-12-22-13-15)17-8-4-6-16-5-2-3-7-18(16)17/h2-8,11-14H,9-10H2,1H3,(H,20,21)/t14-/m0/s1. The fourth-order valence-electron chi connectivity index (χ4n) is 2.71. The van der Waals surface area contributed by atoms with Crippen molar-refractivity contribution in [3.63, 3.8) is 0 Å². The lowest BCUT2D eigenvalue weighted by atomic mass is 9.99. The van der Waals surface area contributed by atoms with Crippen LogP contribution >= 0.6 is 11.3 Å². The molecule has 0 saturated carbocycles. The number of carbonyl (C=O) groups excluding carboxylic acids is 1. The average molecular weight is 309 g/mol. The summed E-state index contributed by atoms with van der Waals surface area (Å²) in [5, 5.41) is 9.67. The maximum atomic E-state index is 12.2. The van der Waals surface area contributed by atoms with Crippen molar-refractivity contribution < 1.29 is 4.79 Å². The summed E-state index contributed by atoms with van der Waals surface area (Å²) in [4.78, 5) is 12.2. The molecule has 1 aromatic heterocycles. The summed E-state index contributed by atoms with van der Waals surface area (Å²) in [6.07, 6.45) is 1.34. The summed E-state index contributed by atoms with van der Waals surface area (Å²) in [5.41, 5.74) is 2.40. The van der Waals surface area contributed by atoms with Crippen LogP contribution in [0.5, 0.6) is 0 Å². The lowest BCUT2D eigenvalue weighted by Gasteiger charge is -2.16. The Morgan fingerprint density at radius 3 is 2.77 bits per heavy atom. The number of hydrogen-bond acceptors (Lipinski definition) is 2. The van der Waals surface area contributed by atoms with Crippen molar-refractivity contribution in [3.05, 3.63) is 70.4 Å². The Hall–Kier alpha value is -2.13. The lowest BCUT2D eigenvalue weighted by Crippen LogP contribution is -2.26. The van der Waals surface area contributed by atoms with E-state index in [0.29, 0.717) is 6.42 Å². The third-order valence-corrected chi connectivity index (χ3v) is 4.62. The van der Waals surface area contributed by atoms with Crippen LogP contribution in [0.4, 0.5) is 0 Å². The van der Waals surface area contributed by atoms with E-state index in [-0.39, 0.29) is 11.9 Å². The summed E-state index contributed by atoms with van der Waals surface area (Å²) in [6, 6.07) is 16.6. The molecule has 22 heavy (non-hydrogen) atoms. The van der Waals surface area contributed by atoms with Crippen LogP contribution in [0.15, 0.2) is 59.3 Å². The molecular weight excluding hydrogens is 290 g/mol. The molecule has 1 atom stereocenters. The Morgan fingerprint density at radius 1 is 1.14 bits per heavy atom. The van der Waals surface area contributed by atoms with Gasteiger partial charge in [0.25, 0.3) is 0 Å². The third kappa shape index (κ3) is 3.37. The molecule has 0 aliphatic carbocycles. The van der Waals surface area contributed by atoms with Gasteiger partial charge in [-0.05, 0) is 52.1 Å². The molecule has 2 aromatic carbocycles.